The third-order valence-electron chi connectivity index (χ3n) is 4.84. The fourth-order valence-electron chi connectivity index (χ4n) is 3.16. The van der Waals surface area contributed by atoms with Crippen molar-refractivity contribution in [1.82, 2.24) is 5.32 Å². The Kier molecular flexibility index (Phi) is 5.02. The second kappa shape index (κ2) is 6.64. The number of carboxylic acid groups (broad SMARTS) is 1. The van der Waals surface area contributed by atoms with E-state index in [0.29, 0.717) is 12.8 Å². The van der Waals surface area contributed by atoms with Gasteiger partial charge in [-0.05, 0) is 32.8 Å². The van der Waals surface area contributed by atoms with E-state index in [1.54, 1.807) is 6.92 Å². The summed E-state index contributed by atoms with van der Waals surface area (Å²) in [7, 11) is 0. The zero-order valence-electron chi connectivity index (χ0n) is 13.2. The lowest BCUT2D eigenvalue weighted by molar-refractivity contribution is -0.142. The highest BCUT2D eigenvalue weighted by Gasteiger charge is 2.45. The Balaban J connectivity index is 2.30. The summed E-state index contributed by atoms with van der Waals surface area (Å²) in [5.74, 6) is -3.57. The molecule has 4 nitrogen and oxygen atoms in total. The predicted octanol–water partition coefficient (Wildman–Crippen LogP) is 3.00. The average Bonchev–Trinajstić information content (AvgIpc) is 2.96. The Morgan fingerprint density at radius 3 is 2.35 bits per heavy atom. The van der Waals surface area contributed by atoms with Gasteiger partial charge in [0.25, 0.3) is 0 Å². The first kappa shape index (κ1) is 17.4. The first-order chi connectivity index (χ1) is 10.8. The minimum atomic E-state index is -1.05. The van der Waals surface area contributed by atoms with Crippen molar-refractivity contribution in [3.63, 3.8) is 0 Å². The number of rotatable bonds is 5. The minimum absolute atomic E-state index is 0.184. The highest BCUT2D eigenvalue weighted by atomic mass is 19.1. The molecule has 23 heavy (non-hydrogen) atoms. The zero-order valence-corrected chi connectivity index (χ0v) is 13.2. The summed E-state index contributed by atoms with van der Waals surface area (Å²) in [6, 6.07) is 2.67. The second-order valence-corrected chi connectivity index (χ2v) is 6.30. The molecule has 1 aliphatic rings. The highest BCUT2D eigenvalue weighted by molar-refractivity contribution is 5.89. The molecule has 1 saturated carbocycles. The summed E-state index contributed by atoms with van der Waals surface area (Å²) >= 11 is 0. The van der Waals surface area contributed by atoms with Gasteiger partial charge in [-0.2, -0.15) is 0 Å². The van der Waals surface area contributed by atoms with Crippen LogP contribution in [0.25, 0.3) is 0 Å². The van der Waals surface area contributed by atoms with Crippen LogP contribution in [-0.4, -0.2) is 23.0 Å². The number of aliphatic carboxylic acids is 1. The molecule has 0 heterocycles. The van der Waals surface area contributed by atoms with Crippen LogP contribution in [0.2, 0.25) is 0 Å². The molecule has 2 unspecified atom stereocenters. The normalized spacial score (nSPS) is 19.1. The highest BCUT2D eigenvalue weighted by Crippen LogP contribution is 2.42. The summed E-state index contributed by atoms with van der Waals surface area (Å²) in [4.78, 5) is 23.8. The van der Waals surface area contributed by atoms with E-state index >= 15 is 0 Å². The molecule has 0 radical (unpaired) electrons. The SMILES string of the molecule is CC(NC(=O)C1(c2ccc(F)cc2F)CCCC1)C(C)C(=O)O. The molecule has 1 aromatic carbocycles. The van der Waals surface area contributed by atoms with Crippen molar-refractivity contribution in [2.75, 3.05) is 0 Å². The van der Waals surface area contributed by atoms with Gasteiger partial charge in [0.15, 0.2) is 0 Å². The summed E-state index contributed by atoms with van der Waals surface area (Å²) < 4.78 is 27.4. The van der Waals surface area contributed by atoms with Crippen molar-refractivity contribution in [3.8, 4) is 0 Å². The van der Waals surface area contributed by atoms with Crippen LogP contribution < -0.4 is 5.32 Å². The fraction of sp³-hybridized carbons (Fsp3) is 0.529. The Morgan fingerprint density at radius 2 is 1.83 bits per heavy atom. The van der Waals surface area contributed by atoms with Gasteiger partial charge in [0.2, 0.25) is 5.91 Å². The number of hydrogen-bond donors (Lipinski definition) is 2. The molecule has 6 heteroatoms. The molecule has 2 N–H and O–H groups in total. The van der Waals surface area contributed by atoms with E-state index in [4.69, 9.17) is 5.11 Å². The Morgan fingerprint density at radius 1 is 1.22 bits per heavy atom. The third-order valence-corrected chi connectivity index (χ3v) is 4.84. The van der Waals surface area contributed by atoms with Crippen LogP contribution in [0.1, 0.15) is 45.1 Å². The lowest BCUT2D eigenvalue weighted by Crippen LogP contribution is -2.49. The smallest absolute Gasteiger partial charge is 0.308 e. The molecule has 1 aromatic rings. The number of hydrogen-bond acceptors (Lipinski definition) is 2. The summed E-state index contributed by atoms with van der Waals surface area (Å²) in [6.45, 7) is 3.12. The maximum atomic E-state index is 14.2. The van der Waals surface area contributed by atoms with Gasteiger partial charge in [0.1, 0.15) is 11.6 Å². The van der Waals surface area contributed by atoms with E-state index in [2.05, 4.69) is 5.32 Å². The quantitative estimate of drug-likeness (QED) is 0.874. The minimum Gasteiger partial charge on any atom is -0.481 e. The van der Waals surface area contributed by atoms with Gasteiger partial charge < -0.3 is 10.4 Å². The van der Waals surface area contributed by atoms with E-state index in [0.717, 1.165) is 25.0 Å². The summed E-state index contributed by atoms with van der Waals surface area (Å²) in [5, 5.41) is 11.7. The predicted molar refractivity (Wildman–Crippen MR) is 80.9 cm³/mol. The van der Waals surface area contributed by atoms with E-state index < -0.39 is 35.0 Å². The molecule has 0 bridgehead atoms. The molecule has 1 aliphatic carbocycles. The number of carboxylic acids is 1. The van der Waals surface area contributed by atoms with Crippen LogP contribution in [0.3, 0.4) is 0 Å². The first-order valence-electron chi connectivity index (χ1n) is 7.77. The van der Waals surface area contributed by atoms with Crippen molar-refractivity contribution in [3.05, 3.63) is 35.4 Å². The summed E-state index contributed by atoms with van der Waals surface area (Å²) in [6.07, 6.45) is 2.48. The Bertz CT molecular complexity index is 612. The molecule has 1 amide bonds. The van der Waals surface area contributed by atoms with Crippen molar-refractivity contribution < 1.29 is 23.5 Å². The van der Waals surface area contributed by atoms with Crippen LogP contribution in [0, 0.1) is 17.6 Å². The molecule has 2 atom stereocenters. The zero-order chi connectivity index (χ0) is 17.2. The lowest BCUT2D eigenvalue weighted by Gasteiger charge is -2.31. The second-order valence-electron chi connectivity index (χ2n) is 6.30. The van der Waals surface area contributed by atoms with Crippen LogP contribution in [0.15, 0.2) is 18.2 Å². The number of halogens is 2. The Hall–Kier alpha value is -1.98. The molecule has 0 saturated heterocycles. The Labute approximate surface area is 133 Å². The van der Waals surface area contributed by atoms with Gasteiger partial charge in [0.05, 0.1) is 11.3 Å². The van der Waals surface area contributed by atoms with E-state index in [1.807, 2.05) is 0 Å². The van der Waals surface area contributed by atoms with Crippen molar-refractivity contribution >= 4 is 11.9 Å². The fourth-order valence-corrected chi connectivity index (χ4v) is 3.16. The maximum absolute atomic E-state index is 14.2. The number of carbonyl (C=O) groups is 2. The molecule has 0 aliphatic heterocycles. The standard InChI is InChI=1S/C17H21F2NO3/c1-10(15(21)22)11(2)20-16(23)17(7-3-4-8-17)13-6-5-12(18)9-14(13)19/h5-6,9-11H,3-4,7-8H2,1-2H3,(H,20,23)(H,21,22). The first-order valence-corrected chi connectivity index (χ1v) is 7.77. The molecular weight excluding hydrogens is 304 g/mol. The number of nitrogens with one attached hydrogen (secondary N) is 1. The van der Waals surface area contributed by atoms with Crippen LogP contribution >= 0.6 is 0 Å². The van der Waals surface area contributed by atoms with Gasteiger partial charge in [-0.3, -0.25) is 9.59 Å². The molecular formula is C17H21F2NO3. The molecule has 2 rings (SSSR count). The van der Waals surface area contributed by atoms with E-state index in [1.165, 1.54) is 13.0 Å². The van der Waals surface area contributed by atoms with E-state index in [-0.39, 0.29) is 11.5 Å². The van der Waals surface area contributed by atoms with Gasteiger partial charge in [0, 0.05) is 17.7 Å². The van der Waals surface area contributed by atoms with Crippen molar-refractivity contribution in [2.24, 2.45) is 5.92 Å². The molecule has 0 aromatic heterocycles. The molecule has 0 spiro atoms. The number of amides is 1. The molecule has 126 valence electrons. The van der Waals surface area contributed by atoms with Gasteiger partial charge >= 0.3 is 5.97 Å². The number of carbonyl (C=O) groups excluding carboxylic acids is 1. The van der Waals surface area contributed by atoms with Crippen LogP contribution in [0.5, 0.6) is 0 Å². The van der Waals surface area contributed by atoms with Gasteiger partial charge in [-0.1, -0.05) is 18.9 Å². The van der Waals surface area contributed by atoms with Gasteiger partial charge in [-0.15, -0.1) is 0 Å². The summed E-state index contributed by atoms with van der Waals surface area (Å²) in [5.41, 5.74) is -0.867. The van der Waals surface area contributed by atoms with Crippen LogP contribution in [-0.2, 0) is 15.0 Å². The lowest BCUT2D eigenvalue weighted by atomic mass is 9.77. The third kappa shape index (κ3) is 3.35. The topological polar surface area (TPSA) is 66.4 Å². The van der Waals surface area contributed by atoms with E-state index in [9.17, 15) is 18.4 Å². The average molecular weight is 325 g/mol. The maximum Gasteiger partial charge on any atom is 0.308 e. The number of benzene rings is 1. The monoisotopic (exact) mass is 325 g/mol. The molecule has 1 fully saturated rings. The van der Waals surface area contributed by atoms with Crippen molar-refractivity contribution in [2.45, 2.75) is 51.0 Å². The van der Waals surface area contributed by atoms with Gasteiger partial charge in [-0.25, -0.2) is 8.78 Å². The largest absolute Gasteiger partial charge is 0.481 e. The van der Waals surface area contributed by atoms with Crippen molar-refractivity contribution in [1.29, 1.82) is 0 Å². The van der Waals surface area contributed by atoms with Crippen LogP contribution in [0.4, 0.5) is 8.78 Å².